The van der Waals surface area contributed by atoms with Crippen molar-refractivity contribution in [2.45, 2.75) is 97.3 Å². The van der Waals surface area contributed by atoms with Gasteiger partial charge in [0.15, 0.2) is 0 Å². The van der Waals surface area contributed by atoms with E-state index in [1.807, 2.05) is 0 Å². The molecule has 2 rings (SSSR count). The predicted octanol–water partition coefficient (Wildman–Crippen LogP) is 7.98. The lowest BCUT2D eigenvalue weighted by molar-refractivity contribution is -0.134. The molecule has 4 heteroatoms. The van der Waals surface area contributed by atoms with Crippen molar-refractivity contribution in [3.05, 3.63) is 52.9 Å². The summed E-state index contributed by atoms with van der Waals surface area (Å²) >= 11 is 0. The van der Waals surface area contributed by atoms with Crippen LogP contribution in [-0.4, -0.2) is 5.97 Å². The first-order chi connectivity index (χ1) is 15.6. The number of esters is 1. The highest BCUT2D eigenvalue weighted by molar-refractivity contribution is 5.79. The van der Waals surface area contributed by atoms with Crippen LogP contribution in [0.15, 0.2) is 51.7 Å². The number of carbonyl (C=O) groups excluding carboxylic acids is 1. The number of fused-ring (bicyclic) bond motifs is 1. The zero-order chi connectivity index (χ0) is 23.0. The summed E-state index contributed by atoms with van der Waals surface area (Å²) in [5.41, 5.74) is 0.0142. The third-order valence-corrected chi connectivity index (χ3v) is 5.88. The lowest BCUT2D eigenvalue weighted by Gasteiger charge is -2.10. The Balaban J connectivity index is 1.52. The first-order valence-electron chi connectivity index (χ1n) is 12.5. The van der Waals surface area contributed by atoms with Gasteiger partial charge in [-0.3, -0.25) is 4.79 Å². The maximum absolute atomic E-state index is 12.2. The van der Waals surface area contributed by atoms with Gasteiger partial charge in [-0.25, -0.2) is 4.79 Å². The molecule has 0 bridgehead atoms. The molecule has 0 aliphatic carbocycles. The molecule has 0 radical (unpaired) electrons. The van der Waals surface area contributed by atoms with E-state index in [0.29, 0.717) is 23.7 Å². The largest absolute Gasteiger partial charge is 0.426 e. The molecular weight excluding hydrogens is 400 g/mol. The molecule has 176 valence electrons. The highest BCUT2D eigenvalue weighted by Crippen LogP contribution is 2.21. The van der Waals surface area contributed by atoms with Crippen molar-refractivity contribution >= 4 is 16.9 Å². The Hall–Kier alpha value is -2.36. The van der Waals surface area contributed by atoms with Gasteiger partial charge in [-0.05, 0) is 56.2 Å². The van der Waals surface area contributed by atoms with Gasteiger partial charge in [0.05, 0.1) is 0 Å². The predicted molar refractivity (Wildman–Crippen MR) is 132 cm³/mol. The summed E-state index contributed by atoms with van der Waals surface area (Å²) in [6.45, 7) is 4.46. The molecule has 0 saturated carbocycles. The molecule has 32 heavy (non-hydrogen) atoms. The van der Waals surface area contributed by atoms with Crippen LogP contribution in [0.2, 0.25) is 0 Å². The van der Waals surface area contributed by atoms with Gasteiger partial charge >= 0.3 is 11.6 Å². The minimum absolute atomic E-state index is 0.243. The Morgan fingerprint density at radius 3 is 2.41 bits per heavy atom. The topological polar surface area (TPSA) is 56.5 Å². The summed E-state index contributed by atoms with van der Waals surface area (Å²) in [5, 5.41) is 0.801. The molecule has 0 fully saturated rings. The molecule has 1 aromatic carbocycles. The van der Waals surface area contributed by atoms with E-state index >= 15 is 0 Å². The van der Waals surface area contributed by atoms with Gasteiger partial charge < -0.3 is 9.15 Å². The zero-order valence-corrected chi connectivity index (χ0v) is 19.9. The van der Waals surface area contributed by atoms with Gasteiger partial charge in [-0.15, -0.1) is 0 Å². The van der Waals surface area contributed by atoms with Gasteiger partial charge in [0.1, 0.15) is 11.3 Å². The molecule has 0 amide bonds. The number of allylic oxidation sites excluding steroid dienone is 2. The molecule has 0 aliphatic heterocycles. The Kier molecular flexibility index (Phi) is 12.5. The van der Waals surface area contributed by atoms with Crippen molar-refractivity contribution in [3.63, 3.8) is 0 Å². The zero-order valence-electron chi connectivity index (χ0n) is 19.9. The normalized spacial score (nSPS) is 12.4. The highest BCUT2D eigenvalue weighted by Gasteiger charge is 2.10. The second-order valence-corrected chi connectivity index (χ2v) is 8.88. The number of ether oxygens (including phenoxy) is 1. The van der Waals surface area contributed by atoms with E-state index in [4.69, 9.17) is 9.15 Å². The summed E-state index contributed by atoms with van der Waals surface area (Å²) in [5.74, 6) is 0.675. The van der Waals surface area contributed by atoms with Crippen molar-refractivity contribution in [1.29, 1.82) is 0 Å². The van der Waals surface area contributed by atoms with Crippen molar-refractivity contribution < 1.29 is 13.9 Å². The fraction of sp³-hybridized carbons (Fsp3) is 0.571. The summed E-state index contributed by atoms with van der Waals surface area (Å²) in [6.07, 6.45) is 20.0. The molecular formula is C28H40O4. The Morgan fingerprint density at radius 1 is 0.938 bits per heavy atom. The second-order valence-electron chi connectivity index (χ2n) is 8.88. The van der Waals surface area contributed by atoms with E-state index in [2.05, 4.69) is 26.0 Å². The molecule has 0 N–H and O–H groups in total. The fourth-order valence-corrected chi connectivity index (χ4v) is 3.83. The number of hydrogen-bond acceptors (Lipinski definition) is 4. The molecule has 0 saturated heterocycles. The quantitative estimate of drug-likeness (QED) is 0.0872. The van der Waals surface area contributed by atoms with E-state index < -0.39 is 5.63 Å². The molecule has 4 nitrogen and oxygen atoms in total. The minimum Gasteiger partial charge on any atom is -0.426 e. The van der Waals surface area contributed by atoms with Crippen LogP contribution < -0.4 is 10.4 Å². The van der Waals surface area contributed by atoms with Gasteiger partial charge in [0.2, 0.25) is 0 Å². The Labute approximate surface area is 193 Å². The fourth-order valence-electron chi connectivity index (χ4n) is 3.83. The first-order valence-corrected chi connectivity index (χ1v) is 12.5. The van der Waals surface area contributed by atoms with Crippen molar-refractivity contribution in [2.75, 3.05) is 0 Å². The average Bonchev–Trinajstić information content (AvgIpc) is 2.78. The van der Waals surface area contributed by atoms with Crippen LogP contribution in [0.1, 0.15) is 97.3 Å². The van der Waals surface area contributed by atoms with Crippen LogP contribution in [0.3, 0.4) is 0 Å². The van der Waals surface area contributed by atoms with Gasteiger partial charge in [0.25, 0.3) is 0 Å². The van der Waals surface area contributed by atoms with E-state index in [0.717, 1.165) is 24.6 Å². The van der Waals surface area contributed by atoms with E-state index in [9.17, 15) is 9.59 Å². The second kappa shape index (κ2) is 15.4. The van der Waals surface area contributed by atoms with Crippen LogP contribution in [0.5, 0.6) is 5.75 Å². The van der Waals surface area contributed by atoms with Crippen LogP contribution in [-0.2, 0) is 4.79 Å². The molecule has 1 aromatic heterocycles. The van der Waals surface area contributed by atoms with E-state index in [1.54, 1.807) is 24.3 Å². The molecule has 0 spiro atoms. The van der Waals surface area contributed by atoms with Gasteiger partial charge in [-0.2, -0.15) is 0 Å². The summed E-state index contributed by atoms with van der Waals surface area (Å²) < 4.78 is 10.6. The molecule has 1 heterocycles. The lowest BCUT2D eigenvalue weighted by Crippen LogP contribution is -2.10. The molecule has 1 atom stereocenters. The molecule has 1 unspecified atom stereocenters. The van der Waals surface area contributed by atoms with Crippen LogP contribution >= 0.6 is 0 Å². The molecule has 2 aromatic rings. The maximum Gasteiger partial charge on any atom is 0.336 e. The SMILES string of the molecule is CCCCCCCCC=CCCCCC(C)CCC(=O)Oc1ccc2ccc(=O)oc2c1. The highest BCUT2D eigenvalue weighted by atomic mass is 16.5. The number of unbranched alkanes of at least 4 members (excludes halogenated alkanes) is 8. The Morgan fingerprint density at radius 2 is 1.62 bits per heavy atom. The van der Waals surface area contributed by atoms with Crippen molar-refractivity contribution in [3.8, 4) is 5.75 Å². The number of hydrogen-bond donors (Lipinski definition) is 0. The number of rotatable bonds is 16. The van der Waals surface area contributed by atoms with Crippen molar-refractivity contribution in [1.82, 2.24) is 0 Å². The summed E-state index contributed by atoms with van der Waals surface area (Å²) in [6, 6.07) is 8.18. The van der Waals surface area contributed by atoms with Crippen LogP contribution in [0.4, 0.5) is 0 Å². The average molecular weight is 441 g/mol. The third-order valence-electron chi connectivity index (χ3n) is 5.88. The van der Waals surface area contributed by atoms with Crippen LogP contribution in [0, 0.1) is 5.92 Å². The Bertz CT molecular complexity index is 880. The standard InChI is InChI=1S/C28H40O4/c1-3-4-5-6-7-8-9-10-11-12-13-14-15-23(2)16-20-27(29)31-25-19-17-24-18-21-28(30)32-26(24)22-25/h10-11,17-19,21-23H,3-9,12-16,20H2,1-2H3. The minimum atomic E-state index is -0.414. The van der Waals surface area contributed by atoms with Gasteiger partial charge in [0, 0.05) is 23.9 Å². The summed E-state index contributed by atoms with van der Waals surface area (Å²) in [7, 11) is 0. The summed E-state index contributed by atoms with van der Waals surface area (Å²) in [4.78, 5) is 23.5. The van der Waals surface area contributed by atoms with Gasteiger partial charge in [-0.1, -0.05) is 70.9 Å². The van der Waals surface area contributed by atoms with Crippen LogP contribution in [0.25, 0.3) is 11.0 Å². The third kappa shape index (κ3) is 10.8. The number of carbonyl (C=O) groups is 1. The maximum atomic E-state index is 12.2. The van der Waals surface area contributed by atoms with E-state index in [1.165, 1.54) is 63.9 Å². The lowest BCUT2D eigenvalue weighted by atomic mass is 9.98. The monoisotopic (exact) mass is 440 g/mol. The number of benzene rings is 1. The first kappa shape index (κ1) is 25.9. The molecule has 0 aliphatic rings. The smallest absolute Gasteiger partial charge is 0.336 e. The van der Waals surface area contributed by atoms with Crippen molar-refractivity contribution in [2.24, 2.45) is 5.92 Å². The van der Waals surface area contributed by atoms with E-state index in [-0.39, 0.29) is 5.97 Å².